The number of nitrogens with two attached hydrogens (primary N) is 1. The maximum absolute atomic E-state index is 11.6. The molecule has 1 aromatic heterocycles. The van der Waals surface area contributed by atoms with Crippen molar-refractivity contribution < 1.29 is 9.59 Å². The van der Waals surface area contributed by atoms with E-state index in [1.54, 1.807) is 24.3 Å². The summed E-state index contributed by atoms with van der Waals surface area (Å²) in [6, 6.07) is 11.0. The number of thiocarbonyl (C=S) groups is 1. The first kappa shape index (κ1) is 14.4. The third-order valence-electron chi connectivity index (χ3n) is 3.06. The number of primary amides is 1. The number of rotatable bonds is 3. The van der Waals surface area contributed by atoms with E-state index in [0.717, 1.165) is 15.3 Å². The Kier molecular flexibility index (Phi) is 3.74. The Morgan fingerprint density at radius 2 is 2.05 bits per heavy atom. The van der Waals surface area contributed by atoms with Crippen LogP contribution in [-0.2, 0) is 4.79 Å². The Labute approximate surface area is 135 Å². The van der Waals surface area contributed by atoms with Crippen LogP contribution in [0.25, 0.3) is 16.5 Å². The van der Waals surface area contributed by atoms with Crippen LogP contribution in [-0.4, -0.2) is 16.9 Å². The molecule has 1 aliphatic heterocycles. The van der Waals surface area contributed by atoms with Gasteiger partial charge in [0.25, 0.3) is 5.91 Å². The molecule has 22 heavy (non-hydrogen) atoms. The molecule has 2 amide bonds. The number of amides is 2. The van der Waals surface area contributed by atoms with Crippen molar-refractivity contribution in [3.8, 4) is 10.4 Å². The molecule has 4 N–H and O–H groups in total. The first-order valence-electron chi connectivity index (χ1n) is 6.37. The minimum absolute atomic E-state index is 0.240. The van der Waals surface area contributed by atoms with Crippen LogP contribution in [0, 0.1) is 0 Å². The summed E-state index contributed by atoms with van der Waals surface area (Å²) in [5, 5.41) is 5.62. The molecular weight excluding hydrogens is 318 g/mol. The van der Waals surface area contributed by atoms with Gasteiger partial charge in [0.2, 0.25) is 5.91 Å². The second-order valence-corrected chi connectivity index (χ2v) is 6.14. The molecule has 0 saturated carbocycles. The molecule has 2 heterocycles. The standard InChI is InChI=1S/C15H11N3O2S2/c16-13(19)9-3-1-2-8(6-9)12-5-4-10(22-12)7-11-14(20)18-15(21)17-11/h1-7H,(H2,16,19)(H2,17,18,20,21)/b11-7-. The Bertz CT molecular complexity index is 824. The second-order valence-electron chi connectivity index (χ2n) is 4.61. The molecule has 0 aliphatic carbocycles. The number of hydrogen-bond donors (Lipinski definition) is 3. The van der Waals surface area contributed by atoms with Gasteiger partial charge in [-0.15, -0.1) is 11.3 Å². The lowest BCUT2D eigenvalue weighted by Gasteiger charge is -2.00. The van der Waals surface area contributed by atoms with Gasteiger partial charge in [-0.3, -0.25) is 14.9 Å². The van der Waals surface area contributed by atoms with Crippen LogP contribution < -0.4 is 16.4 Å². The first-order chi connectivity index (χ1) is 10.5. The third-order valence-corrected chi connectivity index (χ3v) is 4.35. The molecule has 0 radical (unpaired) electrons. The second kappa shape index (κ2) is 5.70. The predicted molar refractivity (Wildman–Crippen MR) is 90.1 cm³/mol. The molecule has 5 nitrogen and oxygen atoms in total. The van der Waals surface area contributed by atoms with E-state index in [2.05, 4.69) is 10.6 Å². The van der Waals surface area contributed by atoms with Crippen LogP contribution in [0.15, 0.2) is 42.1 Å². The average molecular weight is 329 g/mol. The predicted octanol–water partition coefficient (Wildman–Crippen LogP) is 1.86. The van der Waals surface area contributed by atoms with Crippen molar-refractivity contribution in [2.24, 2.45) is 5.73 Å². The van der Waals surface area contributed by atoms with Gasteiger partial charge in [0, 0.05) is 15.3 Å². The highest BCUT2D eigenvalue weighted by atomic mass is 32.1. The number of carbonyl (C=O) groups excluding carboxylic acids is 2. The van der Waals surface area contributed by atoms with Crippen LogP contribution in [0.5, 0.6) is 0 Å². The van der Waals surface area contributed by atoms with Crippen LogP contribution in [0.4, 0.5) is 0 Å². The zero-order chi connectivity index (χ0) is 15.7. The van der Waals surface area contributed by atoms with E-state index >= 15 is 0 Å². The summed E-state index contributed by atoms with van der Waals surface area (Å²) in [6.07, 6.45) is 1.74. The van der Waals surface area contributed by atoms with Gasteiger partial charge in [-0.1, -0.05) is 12.1 Å². The maximum atomic E-state index is 11.6. The van der Waals surface area contributed by atoms with Gasteiger partial charge in [-0.25, -0.2) is 0 Å². The van der Waals surface area contributed by atoms with Crippen LogP contribution in [0.3, 0.4) is 0 Å². The molecule has 2 aromatic rings. The molecule has 7 heteroatoms. The molecule has 110 valence electrons. The largest absolute Gasteiger partial charge is 0.366 e. The maximum Gasteiger partial charge on any atom is 0.273 e. The van der Waals surface area contributed by atoms with Crippen molar-refractivity contribution in [2.45, 2.75) is 0 Å². The summed E-state index contributed by atoms with van der Waals surface area (Å²) in [6.45, 7) is 0. The molecule has 1 aliphatic rings. The van der Waals surface area contributed by atoms with E-state index < -0.39 is 5.91 Å². The first-order valence-corrected chi connectivity index (χ1v) is 7.59. The van der Waals surface area contributed by atoms with Crippen molar-refractivity contribution in [3.63, 3.8) is 0 Å². The summed E-state index contributed by atoms with van der Waals surface area (Å²) >= 11 is 6.39. The molecule has 0 spiro atoms. The fraction of sp³-hybridized carbons (Fsp3) is 0. The highest BCUT2D eigenvalue weighted by molar-refractivity contribution is 7.80. The molecule has 1 saturated heterocycles. The average Bonchev–Trinajstić information content (AvgIpc) is 3.06. The van der Waals surface area contributed by atoms with E-state index in [1.807, 2.05) is 18.2 Å². The van der Waals surface area contributed by atoms with E-state index in [1.165, 1.54) is 11.3 Å². The van der Waals surface area contributed by atoms with Crippen LogP contribution >= 0.6 is 23.6 Å². The number of nitrogens with one attached hydrogen (secondary N) is 2. The van der Waals surface area contributed by atoms with Gasteiger partial charge in [0.05, 0.1) is 0 Å². The topological polar surface area (TPSA) is 84.2 Å². The minimum Gasteiger partial charge on any atom is -0.366 e. The summed E-state index contributed by atoms with van der Waals surface area (Å²) in [4.78, 5) is 24.7. The Hall–Kier alpha value is -2.51. The van der Waals surface area contributed by atoms with Crippen molar-refractivity contribution in [1.82, 2.24) is 10.6 Å². The van der Waals surface area contributed by atoms with Crippen molar-refractivity contribution in [3.05, 3.63) is 52.5 Å². The van der Waals surface area contributed by atoms with Crippen molar-refractivity contribution >= 4 is 46.6 Å². The number of benzene rings is 1. The molecule has 1 aromatic carbocycles. The zero-order valence-corrected chi connectivity index (χ0v) is 12.9. The van der Waals surface area contributed by atoms with Gasteiger partial charge in [0.1, 0.15) is 5.70 Å². The smallest absolute Gasteiger partial charge is 0.273 e. The Balaban J connectivity index is 1.90. The Morgan fingerprint density at radius 3 is 2.73 bits per heavy atom. The minimum atomic E-state index is -0.457. The zero-order valence-electron chi connectivity index (χ0n) is 11.3. The van der Waals surface area contributed by atoms with Crippen molar-refractivity contribution in [2.75, 3.05) is 0 Å². The van der Waals surface area contributed by atoms with Gasteiger partial charge in [-0.05, 0) is 48.1 Å². The summed E-state index contributed by atoms with van der Waals surface area (Å²) in [5.74, 6) is -0.697. The fourth-order valence-corrected chi connectivity index (χ4v) is 3.19. The third kappa shape index (κ3) is 2.90. The van der Waals surface area contributed by atoms with E-state index in [9.17, 15) is 9.59 Å². The lowest BCUT2D eigenvalue weighted by molar-refractivity contribution is -0.115. The highest BCUT2D eigenvalue weighted by Gasteiger charge is 2.20. The van der Waals surface area contributed by atoms with Gasteiger partial charge < -0.3 is 11.1 Å². The molecule has 1 fully saturated rings. The van der Waals surface area contributed by atoms with Crippen LogP contribution in [0.2, 0.25) is 0 Å². The number of carbonyl (C=O) groups is 2. The van der Waals surface area contributed by atoms with E-state index in [-0.39, 0.29) is 5.91 Å². The lowest BCUT2D eigenvalue weighted by Crippen LogP contribution is -2.21. The lowest BCUT2D eigenvalue weighted by atomic mass is 10.1. The SMILES string of the molecule is NC(=O)c1cccc(-c2ccc(/C=C3\NC(=S)NC3=O)s2)c1. The normalized spacial score (nSPS) is 15.7. The molecule has 0 atom stereocenters. The highest BCUT2D eigenvalue weighted by Crippen LogP contribution is 2.30. The van der Waals surface area contributed by atoms with E-state index in [4.69, 9.17) is 18.0 Å². The summed E-state index contributed by atoms with van der Waals surface area (Å²) in [5.41, 5.74) is 7.09. The molecule has 3 rings (SSSR count). The van der Waals surface area contributed by atoms with Gasteiger partial charge in [-0.2, -0.15) is 0 Å². The fourth-order valence-electron chi connectivity index (χ4n) is 2.04. The van der Waals surface area contributed by atoms with E-state index in [0.29, 0.717) is 16.4 Å². The van der Waals surface area contributed by atoms with Crippen molar-refractivity contribution in [1.29, 1.82) is 0 Å². The molecule has 0 unspecified atom stereocenters. The summed E-state index contributed by atoms with van der Waals surface area (Å²) < 4.78 is 0. The van der Waals surface area contributed by atoms with Gasteiger partial charge >= 0.3 is 0 Å². The number of thiophene rings is 1. The molecule has 0 bridgehead atoms. The number of hydrogen-bond acceptors (Lipinski definition) is 4. The monoisotopic (exact) mass is 329 g/mol. The quantitative estimate of drug-likeness (QED) is 0.593. The summed E-state index contributed by atoms with van der Waals surface area (Å²) in [7, 11) is 0. The van der Waals surface area contributed by atoms with Gasteiger partial charge in [0.15, 0.2) is 5.11 Å². The Morgan fingerprint density at radius 1 is 1.23 bits per heavy atom. The van der Waals surface area contributed by atoms with Crippen LogP contribution in [0.1, 0.15) is 15.2 Å². The molecular formula is C15H11N3O2S2.